The van der Waals surface area contributed by atoms with Crippen LogP contribution in [0.15, 0.2) is 72.8 Å². The third-order valence-corrected chi connectivity index (χ3v) is 3.72. The van der Waals surface area contributed by atoms with Crippen molar-refractivity contribution in [2.75, 3.05) is 4.90 Å². The molecule has 21 heavy (non-hydrogen) atoms. The van der Waals surface area contributed by atoms with Crippen LogP contribution in [0, 0.1) is 6.92 Å². The van der Waals surface area contributed by atoms with E-state index < -0.39 is 0 Å². The molecule has 0 aromatic heterocycles. The summed E-state index contributed by atoms with van der Waals surface area (Å²) in [6.07, 6.45) is 0. The highest BCUT2D eigenvalue weighted by molar-refractivity contribution is 5.85. The minimum absolute atomic E-state index is 0.886. The van der Waals surface area contributed by atoms with Gasteiger partial charge >= 0.3 is 0 Å². The smallest absolute Gasteiger partial charge is 0.151 e. The van der Waals surface area contributed by atoms with E-state index in [1.807, 2.05) is 36.4 Å². The van der Waals surface area contributed by atoms with Crippen LogP contribution in [0.4, 0.5) is 17.1 Å². The van der Waals surface area contributed by atoms with Gasteiger partial charge in [-0.15, -0.1) is 0 Å². The lowest BCUT2D eigenvalue weighted by atomic mass is 10.1. The Hall–Kier alpha value is -2.74. The van der Waals surface area contributed by atoms with Crippen molar-refractivity contribution in [1.29, 1.82) is 0 Å². The molecule has 2 heteroatoms. The summed E-state index contributed by atoms with van der Waals surface area (Å²) in [4.78, 5) is 2.24. The van der Waals surface area contributed by atoms with Crippen molar-refractivity contribution in [2.45, 2.75) is 6.92 Å². The van der Waals surface area contributed by atoms with Gasteiger partial charge in [-0.1, -0.05) is 42.0 Å². The standard InChI is InChI=1S/C19H15NO/c1-14-10-12-15(13-11-14)20-16-6-2-4-8-18(16)21-19-9-5-3-7-17(19)20/h2-13H,1H3. The number of ether oxygens (including phenoxy) is 1. The third-order valence-electron chi connectivity index (χ3n) is 3.72. The molecule has 0 atom stereocenters. The zero-order chi connectivity index (χ0) is 14.2. The minimum atomic E-state index is 0.886. The van der Waals surface area contributed by atoms with Crippen LogP contribution in [0.3, 0.4) is 0 Å². The van der Waals surface area contributed by atoms with Gasteiger partial charge in [0.15, 0.2) is 11.5 Å². The Labute approximate surface area is 124 Å². The molecule has 3 aromatic rings. The van der Waals surface area contributed by atoms with Crippen molar-refractivity contribution in [2.24, 2.45) is 0 Å². The van der Waals surface area contributed by atoms with Gasteiger partial charge in [-0.05, 0) is 43.3 Å². The number of hydrogen-bond acceptors (Lipinski definition) is 2. The van der Waals surface area contributed by atoms with E-state index in [0.717, 1.165) is 28.6 Å². The molecule has 1 aliphatic heterocycles. The summed E-state index contributed by atoms with van der Waals surface area (Å²) in [5, 5.41) is 0. The van der Waals surface area contributed by atoms with Gasteiger partial charge in [0.2, 0.25) is 0 Å². The molecule has 0 bridgehead atoms. The van der Waals surface area contributed by atoms with E-state index in [1.165, 1.54) is 5.56 Å². The molecular weight excluding hydrogens is 258 g/mol. The fourth-order valence-corrected chi connectivity index (χ4v) is 2.68. The Morgan fingerprint density at radius 1 is 0.667 bits per heavy atom. The lowest BCUT2D eigenvalue weighted by molar-refractivity contribution is 0.477. The first-order valence-corrected chi connectivity index (χ1v) is 7.06. The van der Waals surface area contributed by atoms with Crippen molar-refractivity contribution in [3.63, 3.8) is 0 Å². The summed E-state index contributed by atoms with van der Waals surface area (Å²) in [5.74, 6) is 1.77. The van der Waals surface area contributed by atoms with Gasteiger partial charge in [0.1, 0.15) is 0 Å². The van der Waals surface area contributed by atoms with E-state index in [2.05, 4.69) is 48.2 Å². The Kier molecular flexibility index (Phi) is 2.68. The average Bonchev–Trinajstić information content (AvgIpc) is 2.53. The average molecular weight is 273 g/mol. The quantitative estimate of drug-likeness (QED) is 0.449. The molecule has 4 rings (SSSR count). The lowest BCUT2D eigenvalue weighted by Crippen LogP contribution is -2.15. The maximum absolute atomic E-state index is 6.01. The predicted octanol–water partition coefficient (Wildman–Crippen LogP) is 5.57. The van der Waals surface area contributed by atoms with Crippen molar-refractivity contribution >= 4 is 17.1 Å². The van der Waals surface area contributed by atoms with Crippen molar-refractivity contribution in [1.82, 2.24) is 0 Å². The van der Waals surface area contributed by atoms with Crippen molar-refractivity contribution < 1.29 is 4.74 Å². The van der Waals surface area contributed by atoms with Gasteiger partial charge in [0.05, 0.1) is 11.4 Å². The zero-order valence-electron chi connectivity index (χ0n) is 11.8. The van der Waals surface area contributed by atoms with E-state index in [-0.39, 0.29) is 0 Å². The van der Waals surface area contributed by atoms with Gasteiger partial charge in [-0.2, -0.15) is 0 Å². The van der Waals surface area contributed by atoms with Crippen LogP contribution in [0.25, 0.3) is 0 Å². The fourth-order valence-electron chi connectivity index (χ4n) is 2.68. The number of benzene rings is 3. The van der Waals surface area contributed by atoms with Gasteiger partial charge < -0.3 is 9.64 Å². The molecule has 1 aliphatic rings. The molecular formula is C19H15NO. The van der Waals surface area contributed by atoms with Crippen LogP contribution in [0.1, 0.15) is 5.56 Å². The molecule has 0 unspecified atom stereocenters. The third kappa shape index (κ3) is 1.96. The summed E-state index contributed by atoms with van der Waals surface area (Å²) in [7, 11) is 0. The number of rotatable bonds is 1. The Morgan fingerprint density at radius 3 is 1.76 bits per heavy atom. The van der Waals surface area contributed by atoms with Crippen molar-refractivity contribution in [3.05, 3.63) is 78.4 Å². The van der Waals surface area contributed by atoms with E-state index in [4.69, 9.17) is 4.74 Å². The maximum atomic E-state index is 6.01. The first-order valence-electron chi connectivity index (χ1n) is 7.06. The normalized spacial score (nSPS) is 12.3. The second-order valence-electron chi connectivity index (χ2n) is 5.21. The summed E-state index contributed by atoms with van der Waals surface area (Å²) in [6, 6.07) is 24.8. The molecule has 1 heterocycles. The van der Waals surface area contributed by atoms with Crippen LogP contribution in [-0.4, -0.2) is 0 Å². The number of fused-ring (bicyclic) bond motifs is 2. The van der Waals surface area contributed by atoms with E-state index in [1.54, 1.807) is 0 Å². The first kappa shape index (κ1) is 12.0. The zero-order valence-corrected chi connectivity index (χ0v) is 11.8. The summed E-state index contributed by atoms with van der Waals surface area (Å²) < 4.78 is 6.01. The minimum Gasteiger partial charge on any atom is -0.453 e. The first-order chi connectivity index (χ1) is 10.3. The predicted molar refractivity (Wildman–Crippen MR) is 85.9 cm³/mol. The molecule has 0 spiro atoms. The van der Waals surface area contributed by atoms with Gasteiger partial charge in [0.25, 0.3) is 0 Å². The van der Waals surface area contributed by atoms with Crippen LogP contribution >= 0.6 is 0 Å². The highest BCUT2D eigenvalue weighted by atomic mass is 16.5. The molecule has 0 aliphatic carbocycles. The number of anilines is 3. The Bertz CT molecular complexity index is 747. The van der Waals surface area contributed by atoms with Crippen molar-refractivity contribution in [3.8, 4) is 11.5 Å². The Balaban J connectivity index is 1.95. The van der Waals surface area contributed by atoms with Crippen LogP contribution in [0.2, 0.25) is 0 Å². The summed E-state index contributed by atoms with van der Waals surface area (Å²) in [6.45, 7) is 2.10. The highest BCUT2D eigenvalue weighted by Gasteiger charge is 2.24. The van der Waals surface area contributed by atoms with Gasteiger partial charge in [-0.3, -0.25) is 0 Å². The number of para-hydroxylation sites is 4. The molecule has 0 saturated carbocycles. The van der Waals surface area contributed by atoms with E-state index >= 15 is 0 Å². The Morgan fingerprint density at radius 2 is 1.19 bits per heavy atom. The fraction of sp³-hybridized carbons (Fsp3) is 0.0526. The maximum Gasteiger partial charge on any atom is 0.151 e. The van der Waals surface area contributed by atoms with E-state index in [0.29, 0.717) is 0 Å². The largest absolute Gasteiger partial charge is 0.453 e. The number of hydrogen-bond donors (Lipinski definition) is 0. The molecule has 0 amide bonds. The monoisotopic (exact) mass is 273 g/mol. The topological polar surface area (TPSA) is 12.5 Å². The molecule has 0 saturated heterocycles. The molecule has 3 aromatic carbocycles. The molecule has 2 nitrogen and oxygen atoms in total. The molecule has 102 valence electrons. The van der Waals surface area contributed by atoms with Crippen LogP contribution in [0.5, 0.6) is 11.5 Å². The second kappa shape index (κ2) is 4.67. The van der Waals surface area contributed by atoms with E-state index in [9.17, 15) is 0 Å². The van der Waals surface area contributed by atoms with Crippen LogP contribution in [-0.2, 0) is 0 Å². The number of aryl methyl sites for hydroxylation is 1. The molecule has 0 fully saturated rings. The SMILES string of the molecule is Cc1ccc(N2c3ccccc3Oc3ccccc32)cc1. The number of nitrogens with zero attached hydrogens (tertiary/aromatic N) is 1. The van der Waals surface area contributed by atoms with Crippen LogP contribution < -0.4 is 9.64 Å². The molecule has 0 radical (unpaired) electrons. The lowest BCUT2D eigenvalue weighted by Gasteiger charge is -2.32. The van der Waals surface area contributed by atoms with Gasteiger partial charge in [0, 0.05) is 5.69 Å². The second-order valence-corrected chi connectivity index (χ2v) is 5.21. The van der Waals surface area contributed by atoms with Gasteiger partial charge in [-0.25, -0.2) is 0 Å². The summed E-state index contributed by atoms with van der Waals surface area (Å²) >= 11 is 0. The molecule has 0 N–H and O–H groups in total. The summed E-state index contributed by atoms with van der Waals surface area (Å²) in [5.41, 5.74) is 4.54. The highest BCUT2D eigenvalue weighted by Crippen LogP contribution is 2.49.